The summed E-state index contributed by atoms with van der Waals surface area (Å²) >= 11 is 5.92. The molecule has 84 valence electrons. The largest absolute Gasteiger partial charge is 0.360 e. The number of rotatable bonds is 2. The van der Waals surface area contributed by atoms with Crippen molar-refractivity contribution in [3.05, 3.63) is 40.7 Å². The second-order valence-corrected chi connectivity index (χ2v) is 4.04. The number of benzene rings is 1. The van der Waals surface area contributed by atoms with Gasteiger partial charge in [-0.3, -0.25) is 10.2 Å². The zero-order valence-corrected chi connectivity index (χ0v) is 9.56. The number of nitrogens with one attached hydrogen (secondary N) is 3. The lowest BCUT2D eigenvalue weighted by molar-refractivity contribution is -0.119. The summed E-state index contributed by atoms with van der Waals surface area (Å²) in [5.41, 5.74) is 8.05. The van der Waals surface area contributed by atoms with E-state index in [1.807, 2.05) is 25.1 Å². The van der Waals surface area contributed by atoms with Crippen LogP contribution in [0.2, 0.25) is 5.02 Å². The van der Waals surface area contributed by atoms with Gasteiger partial charge in [-0.15, -0.1) is 0 Å². The molecule has 0 spiro atoms. The predicted molar refractivity (Wildman–Crippen MR) is 63.8 cm³/mol. The topological polar surface area (TPSA) is 53.2 Å². The summed E-state index contributed by atoms with van der Waals surface area (Å²) in [6.45, 7) is 1.94. The van der Waals surface area contributed by atoms with E-state index in [1.165, 1.54) is 0 Å². The Morgan fingerprint density at radius 3 is 2.88 bits per heavy atom. The molecule has 16 heavy (non-hydrogen) atoms. The van der Waals surface area contributed by atoms with E-state index in [4.69, 9.17) is 11.6 Å². The number of hydrogen-bond acceptors (Lipinski definition) is 3. The molecule has 2 rings (SSSR count). The summed E-state index contributed by atoms with van der Waals surface area (Å²) in [6, 6.07) is 5.67. The van der Waals surface area contributed by atoms with Crippen LogP contribution in [0.25, 0.3) is 0 Å². The van der Waals surface area contributed by atoms with Crippen LogP contribution in [0, 0.1) is 6.92 Å². The molecule has 1 aliphatic rings. The highest BCUT2D eigenvalue weighted by atomic mass is 35.5. The SMILES string of the molecule is Cc1cc(NC=C2CC(=O)NN2)ccc1Cl. The van der Waals surface area contributed by atoms with Crippen molar-refractivity contribution in [2.75, 3.05) is 5.32 Å². The molecule has 1 aromatic carbocycles. The van der Waals surface area contributed by atoms with Crippen LogP contribution in [0.3, 0.4) is 0 Å². The Kier molecular flexibility index (Phi) is 3.01. The van der Waals surface area contributed by atoms with Gasteiger partial charge in [0.05, 0.1) is 12.1 Å². The van der Waals surface area contributed by atoms with Crippen LogP contribution in [-0.2, 0) is 4.79 Å². The molecule has 3 N–H and O–H groups in total. The van der Waals surface area contributed by atoms with Gasteiger partial charge in [-0.25, -0.2) is 0 Å². The van der Waals surface area contributed by atoms with Crippen LogP contribution >= 0.6 is 11.6 Å². The predicted octanol–water partition coefficient (Wildman–Crippen LogP) is 1.93. The van der Waals surface area contributed by atoms with Crippen LogP contribution in [0.5, 0.6) is 0 Å². The van der Waals surface area contributed by atoms with Crippen molar-refractivity contribution in [1.29, 1.82) is 0 Å². The minimum absolute atomic E-state index is 0.0275. The first-order valence-corrected chi connectivity index (χ1v) is 5.29. The maximum absolute atomic E-state index is 10.9. The van der Waals surface area contributed by atoms with Gasteiger partial charge in [-0.2, -0.15) is 0 Å². The highest BCUT2D eigenvalue weighted by molar-refractivity contribution is 6.31. The standard InChI is InChI=1S/C11H12ClN3O/c1-7-4-8(2-3-10(7)12)13-6-9-5-11(16)15-14-9/h2-4,6,13-14H,5H2,1H3,(H,15,16). The Labute approximate surface area is 98.6 Å². The zero-order valence-electron chi connectivity index (χ0n) is 8.80. The number of halogens is 1. The Morgan fingerprint density at radius 2 is 2.25 bits per heavy atom. The minimum Gasteiger partial charge on any atom is -0.360 e. The first-order valence-electron chi connectivity index (χ1n) is 4.92. The number of carbonyl (C=O) groups is 1. The number of amides is 1. The van der Waals surface area contributed by atoms with Crippen LogP contribution in [0.4, 0.5) is 5.69 Å². The molecular weight excluding hydrogens is 226 g/mol. The van der Waals surface area contributed by atoms with Crippen molar-refractivity contribution in [2.45, 2.75) is 13.3 Å². The summed E-state index contributed by atoms with van der Waals surface area (Å²) in [5.74, 6) is -0.0275. The van der Waals surface area contributed by atoms with Gasteiger partial charge in [0.1, 0.15) is 0 Å². The maximum atomic E-state index is 10.9. The highest BCUT2D eigenvalue weighted by Crippen LogP contribution is 2.19. The maximum Gasteiger partial charge on any atom is 0.244 e. The van der Waals surface area contributed by atoms with Crippen LogP contribution < -0.4 is 16.2 Å². The smallest absolute Gasteiger partial charge is 0.244 e. The Hall–Kier alpha value is -1.68. The van der Waals surface area contributed by atoms with Gasteiger partial charge in [-0.05, 0) is 30.7 Å². The molecule has 1 saturated heterocycles. The Balaban J connectivity index is 2.04. The molecule has 0 bridgehead atoms. The Morgan fingerprint density at radius 1 is 1.44 bits per heavy atom. The molecular formula is C11H12ClN3O. The molecule has 0 unspecified atom stereocenters. The molecule has 1 amide bonds. The highest BCUT2D eigenvalue weighted by Gasteiger charge is 2.12. The van der Waals surface area contributed by atoms with Crippen molar-refractivity contribution in [1.82, 2.24) is 10.9 Å². The molecule has 1 aromatic rings. The van der Waals surface area contributed by atoms with E-state index < -0.39 is 0 Å². The lowest BCUT2D eigenvalue weighted by atomic mass is 10.2. The van der Waals surface area contributed by atoms with E-state index >= 15 is 0 Å². The molecule has 1 aliphatic heterocycles. The average molecular weight is 238 g/mol. The number of carbonyl (C=O) groups excluding carboxylic acids is 1. The molecule has 0 atom stereocenters. The minimum atomic E-state index is -0.0275. The first-order chi connectivity index (χ1) is 7.65. The van der Waals surface area contributed by atoms with Gasteiger partial charge in [0.25, 0.3) is 0 Å². The fourth-order valence-corrected chi connectivity index (χ4v) is 1.52. The fraction of sp³-hybridized carbons (Fsp3) is 0.182. The van der Waals surface area contributed by atoms with E-state index in [-0.39, 0.29) is 5.91 Å². The second kappa shape index (κ2) is 4.45. The van der Waals surface area contributed by atoms with Gasteiger partial charge >= 0.3 is 0 Å². The Bertz CT molecular complexity index is 457. The third-order valence-electron chi connectivity index (χ3n) is 2.28. The van der Waals surface area contributed by atoms with Crippen molar-refractivity contribution < 1.29 is 4.79 Å². The number of anilines is 1. The van der Waals surface area contributed by atoms with Gasteiger partial charge in [-0.1, -0.05) is 11.6 Å². The first kappa shape index (κ1) is 10.8. The van der Waals surface area contributed by atoms with Gasteiger partial charge in [0.2, 0.25) is 5.91 Å². The van der Waals surface area contributed by atoms with Gasteiger partial charge in [0, 0.05) is 16.9 Å². The monoisotopic (exact) mass is 237 g/mol. The molecule has 1 fully saturated rings. The van der Waals surface area contributed by atoms with E-state index in [9.17, 15) is 4.79 Å². The van der Waals surface area contributed by atoms with Crippen molar-refractivity contribution in [3.63, 3.8) is 0 Å². The second-order valence-electron chi connectivity index (χ2n) is 3.63. The summed E-state index contributed by atoms with van der Waals surface area (Å²) in [4.78, 5) is 10.9. The molecule has 0 saturated carbocycles. The normalized spacial score (nSPS) is 17.1. The number of hydrazine groups is 1. The number of hydrogen-bond donors (Lipinski definition) is 3. The molecule has 5 heteroatoms. The van der Waals surface area contributed by atoms with E-state index in [2.05, 4.69) is 16.2 Å². The van der Waals surface area contributed by atoms with Crippen LogP contribution in [0.15, 0.2) is 30.1 Å². The van der Waals surface area contributed by atoms with Crippen molar-refractivity contribution in [3.8, 4) is 0 Å². The van der Waals surface area contributed by atoms with Crippen molar-refractivity contribution >= 4 is 23.2 Å². The third kappa shape index (κ3) is 2.46. The van der Waals surface area contributed by atoms with E-state index in [0.717, 1.165) is 22.0 Å². The summed E-state index contributed by atoms with van der Waals surface area (Å²) in [7, 11) is 0. The molecule has 1 heterocycles. The van der Waals surface area contributed by atoms with Crippen LogP contribution in [-0.4, -0.2) is 5.91 Å². The average Bonchev–Trinajstić information content (AvgIpc) is 2.66. The van der Waals surface area contributed by atoms with Crippen molar-refractivity contribution in [2.24, 2.45) is 0 Å². The molecule has 0 aliphatic carbocycles. The summed E-state index contributed by atoms with van der Waals surface area (Å²) in [5, 5.41) is 3.84. The lowest BCUT2D eigenvalue weighted by Crippen LogP contribution is -2.25. The molecule has 0 radical (unpaired) electrons. The zero-order chi connectivity index (χ0) is 11.5. The number of aryl methyl sites for hydroxylation is 1. The fourth-order valence-electron chi connectivity index (χ4n) is 1.40. The summed E-state index contributed by atoms with van der Waals surface area (Å²) in [6.07, 6.45) is 2.14. The van der Waals surface area contributed by atoms with E-state index in [1.54, 1.807) is 6.20 Å². The quantitative estimate of drug-likeness (QED) is 0.737. The van der Waals surface area contributed by atoms with Gasteiger partial charge < -0.3 is 10.7 Å². The molecule has 4 nitrogen and oxygen atoms in total. The van der Waals surface area contributed by atoms with E-state index in [0.29, 0.717) is 6.42 Å². The van der Waals surface area contributed by atoms with Gasteiger partial charge in [0.15, 0.2) is 0 Å². The lowest BCUT2D eigenvalue weighted by Gasteiger charge is -2.04. The molecule has 0 aromatic heterocycles. The summed E-state index contributed by atoms with van der Waals surface area (Å²) < 4.78 is 0. The third-order valence-corrected chi connectivity index (χ3v) is 2.71. The van der Waals surface area contributed by atoms with Crippen LogP contribution in [0.1, 0.15) is 12.0 Å².